The van der Waals surface area contributed by atoms with Gasteiger partial charge in [0.1, 0.15) is 11.9 Å². The van der Waals surface area contributed by atoms with Gasteiger partial charge in [0.15, 0.2) is 0 Å². The molecule has 1 atom stereocenters. The van der Waals surface area contributed by atoms with E-state index in [0.29, 0.717) is 0 Å². The second kappa shape index (κ2) is 5.84. The van der Waals surface area contributed by atoms with Gasteiger partial charge in [-0.1, -0.05) is 23.4 Å². The zero-order valence-corrected chi connectivity index (χ0v) is 10.8. The second-order valence-corrected chi connectivity index (χ2v) is 4.78. The van der Waals surface area contributed by atoms with Crippen LogP contribution in [0, 0.1) is 0 Å². The van der Waals surface area contributed by atoms with Crippen LogP contribution in [-0.4, -0.2) is 34.2 Å². The fourth-order valence-corrected chi connectivity index (χ4v) is 2.35. The average molecular weight is 258 g/mol. The molecule has 1 aromatic heterocycles. The molecule has 1 aliphatic heterocycles. The molecule has 0 amide bonds. The van der Waals surface area contributed by atoms with Crippen molar-refractivity contribution < 1.29 is 4.74 Å². The van der Waals surface area contributed by atoms with E-state index in [1.165, 1.54) is 5.56 Å². The molecular weight excluding hydrogens is 240 g/mol. The van der Waals surface area contributed by atoms with Crippen LogP contribution in [0.5, 0.6) is 5.75 Å². The number of rotatable bonds is 6. The summed E-state index contributed by atoms with van der Waals surface area (Å²) in [6, 6.07) is 8.27. The summed E-state index contributed by atoms with van der Waals surface area (Å²) in [7, 11) is 0. The highest BCUT2D eigenvalue weighted by atomic mass is 16.5. The quantitative estimate of drug-likeness (QED) is 0.793. The van der Waals surface area contributed by atoms with Gasteiger partial charge in [-0.3, -0.25) is 4.68 Å². The van der Waals surface area contributed by atoms with Crippen LogP contribution in [0.15, 0.2) is 36.7 Å². The largest absolute Gasteiger partial charge is 0.488 e. The first kappa shape index (κ1) is 12.2. The summed E-state index contributed by atoms with van der Waals surface area (Å²) in [4.78, 5) is 0. The molecule has 1 N–H and O–H groups in total. The first-order valence-electron chi connectivity index (χ1n) is 6.71. The number of ether oxygens (including phenoxy) is 1. The highest BCUT2D eigenvalue weighted by Gasteiger charge is 2.21. The lowest BCUT2D eigenvalue weighted by molar-refractivity contribution is 0.227. The highest BCUT2D eigenvalue weighted by Crippen LogP contribution is 2.27. The number of aryl methyl sites for hydroxylation is 1. The van der Waals surface area contributed by atoms with Crippen molar-refractivity contribution >= 4 is 0 Å². The zero-order valence-electron chi connectivity index (χ0n) is 10.8. The minimum Gasteiger partial charge on any atom is -0.488 e. The monoisotopic (exact) mass is 258 g/mol. The van der Waals surface area contributed by atoms with Gasteiger partial charge in [0.2, 0.25) is 0 Å². The third kappa shape index (κ3) is 3.12. The average Bonchev–Trinajstić information content (AvgIpc) is 3.06. The smallest absolute Gasteiger partial charge is 0.123 e. The van der Waals surface area contributed by atoms with E-state index in [-0.39, 0.29) is 6.10 Å². The van der Waals surface area contributed by atoms with Crippen molar-refractivity contribution in [2.45, 2.75) is 25.5 Å². The van der Waals surface area contributed by atoms with Crippen LogP contribution in [0.4, 0.5) is 0 Å². The number of hydrogen-bond acceptors (Lipinski definition) is 4. The summed E-state index contributed by atoms with van der Waals surface area (Å²) < 4.78 is 7.72. The summed E-state index contributed by atoms with van der Waals surface area (Å²) in [5.41, 5.74) is 1.32. The number of hydrogen-bond donors (Lipinski definition) is 1. The van der Waals surface area contributed by atoms with Crippen LogP contribution >= 0.6 is 0 Å². The predicted octanol–water partition coefficient (Wildman–Crippen LogP) is 1.26. The molecular formula is C14H18N4O. The predicted molar refractivity (Wildman–Crippen MR) is 72.1 cm³/mol. The van der Waals surface area contributed by atoms with E-state index >= 15 is 0 Å². The van der Waals surface area contributed by atoms with Gasteiger partial charge >= 0.3 is 0 Å². The summed E-state index contributed by atoms with van der Waals surface area (Å²) in [5.74, 6) is 1.04. The van der Waals surface area contributed by atoms with Crippen molar-refractivity contribution in [2.24, 2.45) is 0 Å². The van der Waals surface area contributed by atoms with E-state index < -0.39 is 0 Å². The zero-order chi connectivity index (χ0) is 12.9. The molecule has 0 radical (unpaired) electrons. The molecule has 0 spiro atoms. The minimum absolute atomic E-state index is 0.267. The maximum atomic E-state index is 5.87. The summed E-state index contributed by atoms with van der Waals surface area (Å²) in [6.45, 7) is 2.76. The van der Waals surface area contributed by atoms with Crippen LogP contribution in [0.1, 0.15) is 12.0 Å². The normalized spacial score (nSPS) is 17.2. The fraction of sp³-hybridized carbons (Fsp3) is 0.429. The Hall–Kier alpha value is -1.88. The number of benzene rings is 1. The SMILES string of the molecule is c1ccc2c(c1)CC(CNCCCn1ccnn1)O2. The molecule has 1 aromatic carbocycles. The molecule has 5 heteroatoms. The van der Waals surface area contributed by atoms with Gasteiger partial charge in [-0.2, -0.15) is 0 Å². The Labute approximate surface area is 112 Å². The molecule has 2 aromatic rings. The van der Waals surface area contributed by atoms with Gasteiger partial charge in [0.25, 0.3) is 0 Å². The number of nitrogens with one attached hydrogen (secondary N) is 1. The summed E-state index contributed by atoms with van der Waals surface area (Å²) in [6.07, 6.45) is 5.91. The van der Waals surface area contributed by atoms with Gasteiger partial charge in [-0.25, -0.2) is 0 Å². The number of fused-ring (bicyclic) bond motifs is 1. The molecule has 19 heavy (non-hydrogen) atoms. The molecule has 1 aliphatic rings. The molecule has 0 bridgehead atoms. The van der Waals surface area contributed by atoms with Crippen LogP contribution in [-0.2, 0) is 13.0 Å². The topological polar surface area (TPSA) is 52.0 Å². The Morgan fingerprint density at radius 2 is 2.32 bits per heavy atom. The highest BCUT2D eigenvalue weighted by molar-refractivity contribution is 5.37. The Morgan fingerprint density at radius 3 is 3.16 bits per heavy atom. The van der Waals surface area contributed by atoms with Crippen molar-refractivity contribution in [3.05, 3.63) is 42.2 Å². The van der Waals surface area contributed by atoms with Gasteiger partial charge < -0.3 is 10.1 Å². The maximum Gasteiger partial charge on any atom is 0.123 e. The molecule has 100 valence electrons. The van der Waals surface area contributed by atoms with E-state index in [1.54, 1.807) is 6.20 Å². The number of aromatic nitrogens is 3. The summed E-state index contributed by atoms with van der Waals surface area (Å²) >= 11 is 0. The maximum absolute atomic E-state index is 5.87. The Bertz CT molecular complexity index is 487. The molecule has 0 saturated carbocycles. The van der Waals surface area contributed by atoms with Gasteiger partial charge in [0.05, 0.1) is 6.20 Å². The molecule has 0 fully saturated rings. The molecule has 0 saturated heterocycles. The lowest BCUT2D eigenvalue weighted by atomic mass is 10.1. The van der Waals surface area contributed by atoms with Crippen molar-refractivity contribution in [3.63, 3.8) is 0 Å². The molecule has 5 nitrogen and oxygen atoms in total. The van der Waals surface area contributed by atoms with Gasteiger partial charge in [-0.15, -0.1) is 5.10 Å². The summed E-state index contributed by atoms with van der Waals surface area (Å²) in [5, 5.41) is 11.2. The Morgan fingerprint density at radius 1 is 1.37 bits per heavy atom. The van der Waals surface area contributed by atoms with E-state index in [0.717, 1.165) is 38.2 Å². The van der Waals surface area contributed by atoms with E-state index in [4.69, 9.17) is 4.74 Å². The van der Waals surface area contributed by atoms with Crippen LogP contribution in [0.25, 0.3) is 0 Å². The first-order valence-corrected chi connectivity index (χ1v) is 6.71. The Balaban J connectivity index is 1.34. The number of nitrogens with zero attached hydrogens (tertiary/aromatic N) is 3. The fourth-order valence-electron chi connectivity index (χ4n) is 2.35. The standard InChI is InChI=1S/C14H18N4O/c1-2-5-14-12(4-1)10-13(19-14)11-15-6-3-8-18-9-7-16-17-18/h1-2,4-5,7,9,13,15H,3,6,8,10-11H2. The van der Waals surface area contributed by atoms with Crippen LogP contribution < -0.4 is 10.1 Å². The molecule has 1 unspecified atom stereocenters. The van der Waals surface area contributed by atoms with Crippen molar-refractivity contribution in [1.82, 2.24) is 20.3 Å². The second-order valence-electron chi connectivity index (χ2n) is 4.78. The van der Waals surface area contributed by atoms with Crippen LogP contribution in [0.2, 0.25) is 0 Å². The minimum atomic E-state index is 0.267. The van der Waals surface area contributed by atoms with E-state index in [1.807, 2.05) is 23.0 Å². The molecule has 3 rings (SSSR count). The molecule has 0 aliphatic carbocycles. The van der Waals surface area contributed by atoms with Crippen molar-refractivity contribution in [2.75, 3.05) is 13.1 Å². The molecule has 2 heterocycles. The third-order valence-corrected chi connectivity index (χ3v) is 3.30. The lowest BCUT2D eigenvalue weighted by Crippen LogP contribution is -2.31. The van der Waals surface area contributed by atoms with Crippen molar-refractivity contribution in [3.8, 4) is 5.75 Å². The van der Waals surface area contributed by atoms with Crippen molar-refractivity contribution in [1.29, 1.82) is 0 Å². The van der Waals surface area contributed by atoms with E-state index in [2.05, 4.69) is 27.8 Å². The third-order valence-electron chi connectivity index (χ3n) is 3.30. The van der Waals surface area contributed by atoms with E-state index in [9.17, 15) is 0 Å². The van der Waals surface area contributed by atoms with Gasteiger partial charge in [0, 0.05) is 25.7 Å². The lowest BCUT2D eigenvalue weighted by Gasteiger charge is -2.11. The van der Waals surface area contributed by atoms with Gasteiger partial charge in [-0.05, 0) is 24.6 Å². The number of para-hydroxylation sites is 1. The first-order chi connectivity index (χ1) is 9.42. The Kier molecular flexibility index (Phi) is 3.74. The van der Waals surface area contributed by atoms with Crippen LogP contribution in [0.3, 0.4) is 0 Å².